The molecule has 0 spiro atoms. The molecule has 114 valence electrons. The summed E-state index contributed by atoms with van der Waals surface area (Å²) >= 11 is 0. The van der Waals surface area contributed by atoms with Gasteiger partial charge in [-0.05, 0) is 0 Å². The molecule has 1 N–H and O–H groups in total. The zero-order valence-electron chi connectivity index (χ0n) is 11.1. The van der Waals surface area contributed by atoms with Gasteiger partial charge in [-0.15, -0.1) is 0 Å². The van der Waals surface area contributed by atoms with Gasteiger partial charge in [-0.1, -0.05) is 48.5 Å². The second kappa shape index (κ2) is 8.45. The SMILES string of the molecule is O=C(C(O)=S(=O)=O)c1cccc([N+](=O)[O-])c1.c1ccccc1. The molecule has 0 unspecified atom stereocenters. The molecule has 2 aromatic carbocycles. The van der Waals surface area contributed by atoms with Crippen molar-refractivity contribution in [1.82, 2.24) is 0 Å². The lowest BCUT2D eigenvalue weighted by atomic mass is 10.1. The third-order valence-electron chi connectivity index (χ3n) is 2.34. The maximum Gasteiger partial charge on any atom is 0.270 e. The van der Waals surface area contributed by atoms with E-state index in [1.165, 1.54) is 12.1 Å². The van der Waals surface area contributed by atoms with E-state index in [9.17, 15) is 23.3 Å². The number of rotatable bonds is 3. The van der Waals surface area contributed by atoms with Crippen molar-refractivity contribution >= 4 is 26.8 Å². The van der Waals surface area contributed by atoms with Crippen LogP contribution in [0, 0.1) is 10.1 Å². The Morgan fingerprint density at radius 1 is 1.00 bits per heavy atom. The van der Waals surface area contributed by atoms with Gasteiger partial charge >= 0.3 is 0 Å². The molecular formula is C14H11NO6S. The van der Waals surface area contributed by atoms with E-state index in [1.807, 2.05) is 36.4 Å². The quantitative estimate of drug-likeness (QED) is 0.400. The normalized spacial score (nSPS) is 9.14. The molecule has 7 nitrogen and oxygen atoms in total. The van der Waals surface area contributed by atoms with Gasteiger partial charge in [0.2, 0.25) is 21.1 Å². The fourth-order valence-electron chi connectivity index (χ4n) is 1.34. The fourth-order valence-corrected chi connectivity index (χ4v) is 1.61. The van der Waals surface area contributed by atoms with Crippen molar-refractivity contribution in [2.24, 2.45) is 0 Å². The Balaban J connectivity index is 0.000000335. The number of hydrogen-bond acceptors (Lipinski definition) is 5. The molecule has 0 radical (unpaired) electrons. The number of aliphatic hydroxyl groups excluding tert-OH is 1. The molecule has 0 atom stereocenters. The maximum atomic E-state index is 11.3. The van der Waals surface area contributed by atoms with Crippen LogP contribution in [0.4, 0.5) is 5.69 Å². The molecule has 0 aliphatic rings. The molecule has 0 heterocycles. The summed E-state index contributed by atoms with van der Waals surface area (Å²) in [6, 6.07) is 16.4. The van der Waals surface area contributed by atoms with Gasteiger partial charge in [0, 0.05) is 17.7 Å². The van der Waals surface area contributed by atoms with Crippen LogP contribution in [0.25, 0.3) is 0 Å². The third-order valence-corrected chi connectivity index (χ3v) is 2.84. The highest BCUT2D eigenvalue weighted by Gasteiger charge is 2.16. The molecule has 0 aromatic heterocycles. The molecule has 22 heavy (non-hydrogen) atoms. The number of hydrogen-bond donors (Lipinski definition) is 1. The molecule has 0 aliphatic carbocycles. The molecular weight excluding hydrogens is 310 g/mol. The van der Waals surface area contributed by atoms with Gasteiger partial charge in [-0.25, -0.2) is 0 Å². The summed E-state index contributed by atoms with van der Waals surface area (Å²) in [4.78, 5) is 20.9. The van der Waals surface area contributed by atoms with Gasteiger partial charge in [0.25, 0.3) is 5.69 Å². The highest BCUT2D eigenvalue weighted by Crippen LogP contribution is 2.13. The van der Waals surface area contributed by atoms with Crippen molar-refractivity contribution < 1.29 is 23.2 Å². The van der Waals surface area contributed by atoms with E-state index in [2.05, 4.69) is 0 Å². The predicted molar refractivity (Wildman–Crippen MR) is 80.4 cm³/mol. The molecule has 0 bridgehead atoms. The van der Waals surface area contributed by atoms with E-state index in [0.29, 0.717) is 0 Å². The highest BCUT2D eigenvalue weighted by atomic mass is 32.2. The number of aliphatic hydroxyl groups is 1. The third kappa shape index (κ3) is 5.27. The summed E-state index contributed by atoms with van der Waals surface area (Å²) < 4.78 is 20.6. The zero-order valence-corrected chi connectivity index (χ0v) is 11.9. The van der Waals surface area contributed by atoms with Crippen LogP contribution in [-0.2, 0) is 10.3 Å². The Morgan fingerprint density at radius 3 is 1.91 bits per heavy atom. The van der Waals surface area contributed by atoms with Crippen molar-refractivity contribution in [1.29, 1.82) is 0 Å². The monoisotopic (exact) mass is 321 g/mol. The van der Waals surface area contributed by atoms with E-state index in [-0.39, 0.29) is 11.3 Å². The minimum atomic E-state index is -3.06. The molecule has 0 saturated heterocycles. The van der Waals surface area contributed by atoms with E-state index in [4.69, 9.17) is 5.11 Å². The fraction of sp³-hybridized carbons (Fsp3) is 0. The van der Waals surface area contributed by atoms with Crippen LogP contribution < -0.4 is 0 Å². The van der Waals surface area contributed by atoms with Gasteiger partial charge in [0.15, 0.2) is 0 Å². The molecule has 0 aliphatic heterocycles. The smallest absolute Gasteiger partial charge is 0.270 e. The summed E-state index contributed by atoms with van der Waals surface area (Å²) in [5.41, 5.74) is -0.633. The summed E-state index contributed by atoms with van der Waals surface area (Å²) in [7, 11) is -3.06. The van der Waals surface area contributed by atoms with Crippen LogP contribution in [0.5, 0.6) is 0 Å². The Morgan fingerprint density at radius 2 is 1.50 bits per heavy atom. The maximum absolute atomic E-state index is 11.3. The first-order valence-electron chi connectivity index (χ1n) is 5.88. The van der Waals surface area contributed by atoms with Gasteiger partial charge < -0.3 is 5.11 Å². The Labute approximate surface area is 127 Å². The van der Waals surface area contributed by atoms with Crippen molar-refractivity contribution in [3.8, 4) is 0 Å². The minimum absolute atomic E-state index is 0.268. The number of benzene rings is 2. The Bertz CT molecular complexity index is 764. The Hall–Kier alpha value is -2.84. The second-order valence-electron chi connectivity index (χ2n) is 3.83. The van der Waals surface area contributed by atoms with Gasteiger partial charge in [-0.2, -0.15) is 8.42 Å². The topological polar surface area (TPSA) is 115 Å². The van der Waals surface area contributed by atoms with Gasteiger partial charge in [-0.3, -0.25) is 14.9 Å². The van der Waals surface area contributed by atoms with Crippen LogP contribution in [0.1, 0.15) is 10.4 Å². The molecule has 0 amide bonds. The number of ketones is 1. The lowest BCUT2D eigenvalue weighted by molar-refractivity contribution is -0.384. The average Bonchev–Trinajstić information content (AvgIpc) is 2.55. The molecule has 0 saturated carbocycles. The number of nitro groups is 1. The van der Waals surface area contributed by atoms with E-state index in [1.54, 1.807) is 0 Å². The number of carbonyl (C=O) groups excluding carboxylic acids is 1. The molecule has 8 heteroatoms. The largest absolute Gasteiger partial charge is 0.345 e. The number of nitrogens with zero attached hydrogens (tertiary/aromatic N) is 1. The summed E-state index contributed by atoms with van der Waals surface area (Å²) in [6.45, 7) is 0. The lowest BCUT2D eigenvalue weighted by Crippen LogP contribution is -2.14. The second-order valence-corrected chi connectivity index (χ2v) is 4.69. The highest BCUT2D eigenvalue weighted by molar-refractivity contribution is 7.74. The van der Waals surface area contributed by atoms with Crippen LogP contribution in [0.2, 0.25) is 0 Å². The van der Waals surface area contributed by atoms with Crippen molar-refractivity contribution in [3.05, 3.63) is 76.3 Å². The minimum Gasteiger partial charge on any atom is -0.345 e. The standard InChI is InChI=1S/C8H5NO6S.C6H6/c10-7(8(11)16(14)15)5-2-1-3-6(4-5)9(12)13;1-2-4-6-5-3-1/h1-4,11H;1-6H. The average molecular weight is 321 g/mol. The van der Waals surface area contributed by atoms with E-state index < -0.39 is 26.1 Å². The van der Waals surface area contributed by atoms with Crippen LogP contribution >= 0.6 is 0 Å². The summed E-state index contributed by atoms with van der Waals surface area (Å²) in [6.07, 6.45) is 0. The number of carbonyl (C=O) groups is 1. The first-order chi connectivity index (χ1) is 10.4. The number of non-ortho nitro benzene ring substituents is 1. The van der Waals surface area contributed by atoms with Gasteiger partial charge in [0.05, 0.1) is 4.92 Å². The number of nitro benzene ring substituents is 1. The van der Waals surface area contributed by atoms with Crippen molar-refractivity contribution in [2.75, 3.05) is 0 Å². The van der Waals surface area contributed by atoms with E-state index in [0.717, 1.165) is 12.1 Å². The summed E-state index contributed by atoms with van der Waals surface area (Å²) in [5.74, 6) is -1.18. The lowest BCUT2D eigenvalue weighted by Gasteiger charge is -1.96. The first-order valence-corrected chi connectivity index (χ1v) is 6.95. The van der Waals surface area contributed by atoms with Crippen LogP contribution in [0.15, 0.2) is 60.7 Å². The predicted octanol–water partition coefficient (Wildman–Crippen LogP) is 2.03. The summed E-state index contributed by atoms with van der Waals surface area (Å²) in [5, 5.41) is 17.9. The zero-order chi connectivity index (χ0) is 16.5. The molecule has 0 fully saturated rings. The van der Waals surface area contributed by atoms with Gasteiger partial charge in [0.1, 0.15) is 0 Å². The molecule has 2 aromatic rings. The van der Waals surface area contributed by atoms with E-state index >= 15 is 0 Å². The van der Waals surface area contributed by atoms with Crippen molar-refractivity contribution in [3.63, 3.8) is 0 Å². The van der Waals surface area contributed by atoms with Crippen LogP contribution in [-0.4, -0.2) is 29.3 Å². The first kappa shape index (κ1) is 17.2. The van der Waals surface area contributed by atoms with Crippen molar-refractivity contribution in [2.45, 2.75) is 0 Å². The van der Waals surface area contributed by atoms with Crippen LogP contribution in [0.3, 0.4) is 0 Å². The number of Topliss-reactive ketones (excluding diaryl/α,β-unsaturated/α-hetero) is 1. The Kier molecular flexibility index (Phi) is 6.61. The molecule has 2 rings (SSSR count).